The van der Waals surface area contributed by atoms with E-state index in [2.05, 4.69) is 25.9 Å². The molecule has 0 amide bonds. The minimum atomic E-state index is -4.77. The number of hydrogen-bond donors (Lipinski definition) is 3. The van der Waals surface area contributed by atoms with Crippen molar-refractivity contribution in [3.8, 4) is 0 Å². The summed E-state index contributed by atoms with van der Waals surface area (Å²) >= 11 is 0. The van der Waals surface area contributed by atoms with Crippen molar-refractivity contribution in [1.82, 2.24) is 15.6 Å². The first kappa shape index (κ1) is 26.3. The zero-order valence-corrected chi connectivity index (χ0v) is 20.0. The lowest BCUT2D eigenvalue weighted by Gasteiger charge is -2.40. The smallest absolute Gasteiger partial charge is 0.418 e. The standard InChI is InChI=1S/C25H25F6N5O2/c26-24(27,28)15-3-5-16(6-4-15)35-23(21-19(25(29,30)31)2-1-10-33-21)18-7-11-32-12-8-20(18)34-22(36-23)38-17-9-13-37-14-17/h1-6,10,17,32,35H,7-9,11-14H2,(H,34,36). The molecular weight excluding hydrogens is 516 g/mol. The average Bonchev–Trinajstić information content (AvgIpc) is 3.25. The Labute approximate surface area is 214 Å². The van der Waals surface area contributed by atoms with E-state index < -0.39 is 34.8 Å². The number of nitrogens with one attached hydrogen (secondary N) is 3. The van der Waals surface area contributed by atoms with Crippen molar-refractivity contribution in [2.24, 2.45) is 4.99 Å². The van der Waals surface area contributed by atoms with Crippen LogP contribution in [0.5, 0.6) is 0 Å². The van der Waals surface area contributed by atoms with Crippen LogP contribution in [0.1, 0.15) is 36.1 Å². The van der Waals surface area contributed by atoms with Gasteiger partial charge in [0.1, 0.15) is 11.8 Å². The molecule has 0 spiro atoms. The number of benzene rings is 1. The summed E-state index contributed by atoms with van der Waals surface area (Å²) in [6.07, 6.45) is -7.16. The summed E-state index contributed by atoms with van der Waals surface area (Å²) in [6.45, 7) is 1.78. The van der Waals surface area contributed by atoms with Crippen LogP contribution in [0.3, 0.4) is 0 Å². The molecule has 1 saturated heterocycles. The fraction of sp³-hybridized carbons (Fsp3) is 0.440. The maximum absolute atomic E-state index is 14.3. The molecule has 0 saturated carbocycles. The van der Waals surface area contributed by atoms with Crippen molar-refractivity contribution < 1.29 is 35.8 Å². The number of halogens is 6. The highest BCUT2D eigenvalue weighted by molar-refractivity contribution is 5.80. The molecule has 2 atom stereocenters. The van der Waals surface area contributed by atoms with Gasteiger partial charge in [0.2, 0.25) is 5.66 Å². The molecule has 1 aromatic carbocycles. The van der Waals surface area contributed by atoms with E-state index in [-0.39, 0.29) is 17.8 Å². The van der Waals surface area contributed by atoms with Gasteiger partial charge in [0.05, 0.1) is 24.3 Å². The molecular formula is C25H25F6N5O2. The first-order valence-electron chi connectivity index (χ1n) is 12.1. The third kappa shape index (κ3) is 5.30. The van der Waals surface area contributed by atoms with Crippen LogP contribution >= 0.6 is 0 Å². The molecule has 38 heavy (non-hydrogen) atoms. The van der Waals surface area contributed by atoms with Gasteiger partial charge in [-0.1, -0.05) is 0 Å². The number of pyridine rings is 1. The van der Waals surface area contributed by atoms with Crippen LogP contribution in [-0.4, -0.2) is 43.4 Å². The van der Waals surface area contributed by atoms with E-state index in [0.29, 0.717) is 56.8 Å². The van der Waals surface area contributed by atoms with Crippen molar-refractivity contribution in [2.45, 2.75) is 43.4 Å². The molecule has 3 aliphatic rings. The molecule has 3 N–H and O–H groups in total. The molecule has 13 heteroatoms. The predicted octanol–water partition coefficient (Wildman–Crippen LogP) is 4.79. The molecule has 204 valence electrons. The summed E-state index contributed by atoms with van der Waals surface area (Å²) in [6, 6.07) is 6.14. The van der Waals surface area contributed by atoms with Crippen LogP contribution in [0.2, 0.25) is 0 Å². The van der Waals surface area contributed by atoms with Gasteiger partial charge in [-0.05, 0) is 49.4 Å². The van der Waals surface area contributed by atoms with Crippen molar-refractivity contribution in [3.63, 3.8) is 0 Å². The second-order valence-electron chi connectivity index (χ2n) is 9.16. The highest BCUT2D eigenvalue weighted by atomic mass is 19.4. The fourth-order valence-electron chi connectivity index (χ4n) is 4.82. The lowest BCUT2D eigenvalue weighted by Crippen LogP contribution is -2.47. The molecule has 0 radical (unpaired) electrons. The molecule has 2 aromatic rings. The lowest BCUT2D eigenvalue weighted by atomic mass is 9.86. The molecule has 3 aliphatic heterocycles. The van der Waals surface area contributed by atoms with Gasteiger partial charge in [-0.15, -0.1) is 0 Å². The van der Waals surface area contributed by atoms with Gasteiger partial charge < -0.3 is 25.4 Å². The first-order valence-corrected chi connectivity index (χ1v) is 12.1. The fourth-order valence-corrected chi connectivity index (χ4v) is 4.82. The number of rotatable bonds is 4. The third-order valence-corrected chi connectivity index (χ3v) is 6.59. The second kappa shape index (κ2) is 10.1. The van der Waals surface area contributed by atoms with Gasteiger partial charge >= 0.3 is 12.4 Å². The van der Waals surface area contributed by atoms with Gasteiger partial charge in [-0.25, -0.2) is 0 Å². The zero-order chi connectivity index (χ0) is 27.0. The monoisotopic (exact) mass is 541 g/mol. The maximum Gasteiger partial charge on any atom is 0.418 e. The number of nitrogens with zero attached hydrogens (tertiary/aromatic N) is 2. The Hall–Kier alpha value is -3.32. The van der Waals surface area contributed by atoms with Crippen LogP contribution in [0.15, 0.2) is 58.9 Å². The van der Waals surface area contributed by atoms with Gasteiger partial charge in [0.15, 0.2) is 0 Å². The van der Waals surface area contributed by atoms with Crippen molar-refractivity contribution in [1.29, 1.82) is 0 Å². The van der Waals surface area contributed by atoms with E-state index in [1.807, 2.05) is 0 Å². The Kier molecular flexibility index (Phi) is 6.99. The van der Waals surface area contributed by atoms with Crippen LogP contribution < -0.4 is 16.0 Å². The van der Waals surface area contributed by atoms with E-state index in [1.54, 1.807) is 0 Å². The summed E-state index contributed by atoms with van der Waals surface area (Å²) in [5.41, 5.74) is -3.00. The molecule has 1 aromatic heterocycles. The summed E-state index contributed by atoms with van der Waals surface area (Å²) < 4.78 is 93.8. The van der Waals surface area contributed by atoms with Crippen molar-refractivity contribution in [3.05, 3.63) is 70.7 Å². The Bertz CT molecular complexity index is 1220. The lowest BCUT2D eigenvalue weighted by molar-refractivity contribution is -0.139. The van der Waals surface area contributed by atoms with Crippen LogP contribution in [0.4, 0.5) is 32.0 Å². The number of aliphatic imine (C=N–C) groups is 1. The van der Waals surface area contributed by atoms with Crippen LogP contribution in [0.25, 0.3) is 0 Å². The normalized spacial score (nSPS) is 24.3. The molecule has 5 rings (SSSR count). The Morgan fingerprint density at radius 3 is 2.45 bits per heavy atom. The van der Waals surface area contributed by atoms with Crippen LogP contribution in [0, 0.1) is 0 Å². The summed E-state index contributed by atoms with van der Waals surface area (Å²) in [5.74, 6) is 0. The van der Waals surface area contributed by atoms with Gasteiger partial charge in [0, 0.05) is 42.5 Å². The SMILES string of the molecule is FC(F)(F)c1ccc(NC2(c3ncccc3C(F)(F)F)N=C(OC3CCOC3)NC3=C2CCNCC3)cc1. The molecule has 0 aliphatic carbocycles. The van der Waals surface area contributed by atoms with E-state index in [0.717, 1.165) is 18.2 Å². The summed E-state index contributed by atoms with van der Waals surface area (Å²) in [5, 5.41) is 9.39. The Morgan fingerprint density at radius 2 is 1.76 bits per heavy atom. The zero-order valence-electron chi connectivity index (χ0n) is 20.0. The van der Waals surface area contributed by atoms with Crippen LogP contribution in [-0.2, 0) is 27.5 Å². The minimum absolute atomic E-state index is 0.0145. The number of hydrogen-bond acceptors (Lipinski definition) is 7. The highest BCUT2D eigenvalue weighted by Gasteiger charge is 2.49. The third-order valence-electron chi connectivity index (χ3n) is 6.59. The first-order chi connectivity index (χ1) is 18.1. The Balaban J connectivity index is 1.69. The molecule has 1 fully saturated rings. The highest BCUT2D eigenvalue weighted by Crippen LogP contribution is 2.45. The Morgan fingerprint density at radius 1 is 1.00 bits per heavy atom. The molecule has 2 unspecified atom stereocenters. The largest absolute Gasteiger partial charge is 0.459 e. The maximum atomic E-state index is 14.3. The van der Waals surface area contributed by atoms with Crippen molar-refractivity contribution >= 4 is 11.7 Å². The minimum Gasteiger partial charge on any atom is -0.459 e. The molecule has 4 heterocycles. The van der Waals surface area contributed by atoms with Gasteiger partial charge in [0.25, 0.3) is 6.02 Å². The molecule has 7 nitrogen and oxygen atoms in total. The number of anilines is 1. The predicted molar refractivity (Wildman–Crippen MR) is 126 cm³/mol. The van der Waals surface area contributed by atoms with Gasteiger partial charge in [-0.2, -0.15) is 31.3 Å². The summed E-state index contributed by atoms with van der Waals surface area (Å²) in [4.78, 5) is 8.81. The topological polar surface area (TPSA) is 79.8 Å². The summed E-state index contributed by atoms with van der Waals surface area (Å²) in [7, 11) is 0. The second-order valence-corrected chi connectivity index (χ2v) is 9.16. The number of aromatic nitrogens is 1. The number of ether oxygens (including phenoxy) is 2. The average molecular weight is 541 g/mol. The van der Waals surface area contributed by atoms with E-state index in [1.165, 1.54) is 24.4 Å². The van der Waals surface area contributed by atoms with E-state index in [9.17, 15) is 26.3 Å². The molecule has 0 bridgehead atoms. The van der Waals surface area contributed by atoms with Crippen molar-refractivity contribution in [2.75, 3.05) is 31.6 Å². The van der Waals surface area contributed by atoms with E-state index >= 15 is 0 Å². The number of alkyl halides is 6. The van der Waals surface area contributed by atoms with E-state index in [4.69, 9.17) is 9.47 Å². The number of amidine groups is 1. The quantitative estimate of drug-likeness (QED) is 0.484. The van der Waals surface area contributed by atoms with Gasteiger partial charge in [-0.3, -0.25) is 4.98 Å².